The number of hydrogen-bond acceptors (Lipinski definition) is 3. The quantitative estimate of drug-likeness (QED) is 0.846. The summed E-state index contributed by atoms with van der Waals surface area (Å²) in [4.78, 5) is 12.2. The molecule has 21 heavy (non-hydrogen) atoms. The van der Waals surface area contributed by atoms with Gasteiger partial charge in [0.25, 0.3) is 0 Å². The predicted molar refractivity (Wildman–Crippen MR) is 83.1 cm³/mol. The zero-order chi connectivity index (χ0) is 15.1. The molecule has 1 saturated carbocycles. The molecule has 4 heteroatoms. The molecule has 0 aliphatic heterocycles. The Kier molecular flexibility index (Phi) is 5.76. The minimum absolute atomic E-state index is 0.122. The maximum atomic E-state index is 12.2. The fraction of sp³-hybridized carbons (Fsp3) is 0.588. The van der Waals surface area contributed by atoms with Crippen molar-refractivity contribution in [2.75, 3.05) is 11.9 Å². The normalized spacial score (nSPS) is 17.4. The van der Waals surface area contributed by atoms with Gasteiger partial charge in [-0.1, -0.05) is 37.5 Å². The lowest BCUT2D eigenvalue weighted by molar-refractivity contribution is -0.122. The lowest BCUT2D eigenvalue weighted by atomic mass is 9.82. The van der Waals surface area contributed by atoms with E-state index in [0.717, 1.165) is 43.4 Å². The molecule has 4 nitrogen and oxygen atoms in total. The summed E-state index contributed by atoms with van der Waals surface area (Å²) in [5, 5.41) is 13.4. The van der Waals surface area contributed by atoms with Gasteiger partial charge in [0.2, 0.25) is 5.91 Å². The first kappa shape index (κ1) is 16.0. The van der Waals surface area contributed by atoms with Crippen molar-refractivity contribution >= 4 is 11.6 Å². The van der Waals surface area contributed by atoms with E-state index in [0.29, 0.717) is 13.2 Å². The smallest absolute Gasteiger partial charge is 0.227 e. The summed E-state index contributed by atoms with van der Waals surface area (Å²) in [7, 11) is 0. The van der Waals surface area contributed by atoms with Crippen LogP contribution in [0.1, 0.15) is 51.0 Å². The van der Waals surface area contributed by atoms with Crippen LogP contribution in [0.25, 0.3) is 0 Å². The highest BCUT2D eigenvalue weighted by Crippen LogP contribution is 2.31. The Labute approximate surface area is 126 Å². The van der Waals surface area contributed by atoms with Crippen molar-refractivity contribution in [2.45, 2.75) is 57.7 Å². The van der Waals surface area contributed by atoms with Crippen molar-refractivity contribution in [3.63, 3.8) is 0 Å². The molecule has 0 aromatic heterocycles. The van der Waals surface area contributed by atoms with Crippen molar-refractivity contribution in [3.05, 3.63) is 29.8 Å². The lowest BCUT2D eigenvalue weighted by Gasteiger charge is -2.31. The Morgan fingerprint density at radius 1 is 1.29 bits per heavy atom. The molecular formula is C17H25NO3. The average Bonchev–Trinajstić information content (AvgIpc) is 2.46. The lowest BCUT2D eigenvalue weighted by Crippen LogP contribution is -2.36. The Bertz CT molecular complexity index is 467. The number of carbonyl (C=O) groups is 1. The van der Waals surface area contributed by atoms with E-state index in [9.17, 15) is 9.90 Å². The first-order valence-electron chi connectivity index (χ1n) is 7.81. The number of para-hydroxylation sites is 1. The van der Waals surface area contributed by atoms with Crippen molar-refractivity contribution < 1.29 is 14.6 Å². The zero-order valence-electron chi connectivity index (χ0n) is 12.7. The Hall–Kier alpha value is -1.39. The highest BCUT2D eigenvalue weighted by Gasteiger charge is 2.31. The van der Waals surface area contributed by atoms with Crippen molar-refractivity contribution in [1.29, 1.82) is 0 Å². The molecule has 0 atom stereocenters. The van der Waals surface area contributed by atoms with Gasteiger partial charge < -0.3 is 15.2 Å². The van der Waals surface area contributed by atoms with Crippen LogP contribution in [0.15, 0.2) is 24.3 Å². The summed E-state index contributed by atoms with van der Waals surface area (Å²) < 4.78 is 5.41. The van der Waals surface area contributed by atoms with Gasteiger partial charge in [0.15, 0.2) is 0 Å². The first-order valence-corrected chi connectivity index (χ1v) is 7.81. The van der Waals surface area contributed by atoms with Gasteiger partial charge in [0.05, 0.1) is 18.6 Å². The molecule has 1 amide bonds. The van der Waals surface area contributed by atoms with E-state index in [1.54, 1.807) is 0 Å². The number of amides is 1. The van der Waals surface area contributed by atoms with E-state index in [1.807, 2.05) is 31.2 Å². The van der Waals surface area contributed by atoms with Crippen molar-refractivity contribution in [1.82, 2.24) is 0 Å². The van der Waals surface area contributed by atoms with E-state index >= 15 is 0 Å². The van der Waals surface area contributed by atoms with Crippen LogP contribution in [0, 0.1) is 0 Å². The maximum absolute atomic E-state index is 12.2. The fourth-order valence-corrected chi connectivity index (χ4v) is 2.86. The third kappa shape index (κ3) is 4.83. The van der Waals surface area contributed by atoms with E-state index in [1.165, 1.54) is 0 Å². The number of ether oxygens (including phenoxy) is 1. The number of benzene rings is 1. The highest BCUT2D eigenvalue weighted by molar-refractivity contribution is 5.92. The second-order valence-corrected chi connectivity index (χ2v) is 5.80. The largest absolute Gasteiger partial charge is 0.389 e. The van der Waals surface area contributed by atoms with Crippen LogP contribution in [0.2, 0.25) is 0 Å². The maximum Gasteiger partial charge on any atom is 0.227 e. The second-order valence-electron chi connectivity index (χ2n) is 5.80. The minimum Gasteiger partial charge on any atom is -0.389 e. The summed E-state index contributed by atoms with van der Waals surface area (Å²) in [5.41, 5.74) is 0.913. The van der Waals surface area contributed by atoms with E-state index in [-0.39, 0.29) is 12.3 Å². The van der Waals surface area contributed by atoms with Gasteiger partial charge in [-0.15, -0.1) is 0 Å². The molecule has 0 unspecified atom stereocenters. The second kappa shape index (κ2) is 7.57. The average molecular weight is 291 g/mol. The van der Waals surface area contributed by atoms with Gasteiger partial charge in [-0.3, -0.25) is 4.79 Å². The number of rotatable bonds is 6. The summed E-state index contributed by atoms with van der Waals surface area (Å²) in [5.74, 6) is -0.122. The number of hydrogen-bond donors (Lipinski definition) is 2. The van der Waals surface area contributed by atoms with Crippen LogP contribution < -0.4 is 5.32 Å². The third-order valence-corrected chi connectivity index (χ3v) is 4.03. The summed E-state index contributed by atoms with van der Waals surface area (Å²) in [6.45, 7) is 3.07. The Morgan fingerprint density at radius 3 is 2.71 bits per heavy atom. The van der Waals surface area contributed by atoms with Crippen LogP contribution in [-0.4, -0.2) is 23.2 Å². The zero-order valence-corrected chi connectivity index (χ0v) is 12.7. The standard InChI is InChI=1S/C17H25NO3/c1-2-21-13-14-8-4-5-9-15(14)18-16(19)12-17(20)10-6-3-7-11-17/h4-5,8-9,20H,2-3,6-7,10-13H2,1H3,(H,18,19). The fourth-order valence-electron chi connectivity index (χ4n) is 2.86. The molecule has 1 aromatic carbocycles. The van der Waals surface area contributed by atoms with Crippen LogP contribution in [0.4, 0.5) is 5.69 Å². The van der Waals surface area contributed by atoms with Crippen LogP contribution in [0.3, 0.4) is 0 Å². The van der Waals surface area contributed by atoms with Gasteiger partial charge >= 0.3 is 0 Å². The monoisotopic (exact) mass is 291 g/mol. The molecule has 0 bridgehead atoms. The topological polar surface area (TPSA) is 58.6 Å². The summed E-state index contributed by atoms with van der Waals surface area (Å²) >= 11 is 0. The first-order chi connectivity index (χ1) is 10.1. The molecule has 1 aromatic rings. The van der Waals surface area contributed by atoms with Crippen LogP contribution in [-0.2, 0) is 16.1 Å². The molecule has 0 radical (unpaired) electrons. The van der Waals surface area contributed by atoms with Gasteiger partial charge in [-0.25, -0.2) is 0 Å². The van der Waals surface area contributed by atoms with Crippen LogP contribution >= 0.6 is 0 Å². The molecule has 0 heterocycles. The van der Waals surface area contributed by atoms with Gasteiger partial charge in [-0.2, -0.15) is 0 Å². The van der Waals surface area contributed by atoms with E-state index in [2.05, 4.69) is 5.32 Å². The van der Waals surface area contributed by atoms with Crippen molar-refractivity contribution in [3.8, 4) is 0 Å². The SMILES string of the molecule is CCOCc1ccccc1NC(=O)CC1(O)CCCCC1. The highest BCUT2D eigenvalue weighted by atomic mass is 16.5. The molecule has 1 aliphatic carbocycles. The molecule has 1 fully saturated rings. The number of anilines is 1. The number of aliphatic hydroxyl groups is 1. The van der Waals surface area contributed by atoms with Crippen molar-refractivity contribution in [2.24, 2.45) is 0 Å². The minimum atomic E-state index is -0.822. The molecular weight excluding hydrogens is 266 g/mol. The Balaban J connectivity index is 1.95. The number of nitrogens with one attached hydrogen (secondary N) is 1. The molecule has 0 saturated heterocycles. The predicted octanol–water partition coefficient (Wildman–Crippen LogP) is 3.25. The summed E-state index contributed by atoms with van der Waals surface area (Å²) in [6, 6.07) is 7.64. The third-order valence-electron chi connectivity index (χ3n) is 4.03. The van der Waals surface area contributed by atoms with Gasteiger partial charge in [0.1, 0.15) is 0 Å². The molecule has 0 spiro atoms. The van der Waals surface area contributed by atoms with E-state index in [4.69, 9.17) is 4.74 Å². The van der Waals surface area contributed by atoms with Gasteiger partial charge in [0, 0.05) is 17.9 Å². The van der Waals surface area contributed by atoms with Gasteiger partial charge in [-0.05, 0) is 25.8 Å². The Morgan fingerprint density at radius 2 is 2.00 bits per heavy atom. The number of carbonyl (C=O) groups excluding carboxylic acids is 1. The van der Waals surface area contributed by atoms with E-state index < -0.39 is 5.60 Å². The molecule has 2 N–H and O–H groups in total. The van der Waals surface area contributed by atoms with Crippen LogP contribution in [0.5, 0.6) is 0 Å². The molecule has 116 valence electrons. The summed E-state index contributed by atoms with van der Waals surface area (Å²) in [6.07, 6.45) is 4.79. The molecule has 2 rings (SSSR count). The molecule has 1 aliphatic rings.